The van der Waals surface area contributed by atoms with E-state index in [-0.39, 0.29) is 25.9 Å². The number of nitrogens with zero attached hydrogens (tertiary/aromatic N) is 2. The summed E-state index contributed by atoms with van der Waals surface area (Å²) in [7, 11) is 0. The van der Waals surface area contributed by atoms with Gasteiger partial charge in [-0.05, 0) is 60.9 Å². The zero-order valence-electron chi connectivity index (χ0n) is 21.8. The van der Waals surface area contributed by atoms with Crippen molar-refractivity contribution in [2.45, 2.75) is 57.7 Å². The van der Waals surface area contributed by atoms with Crippen molar-refractivity contribution in [2.24, 2.45) is 0 Å². The van der Waals surface area contributed by atoms with Gasteiger partial charge in [-0.2, -0.15) is 5.26 Å². The van der Waals surface area contributed by atoms with E-state index in [1.54, 1.807) is 0 Å². The Bertz CT molecular complexity index is 1290. The van der Waals surface area contributed by atoms with Crippen LogP contribution in [0.4, 0.5) is 4.39 Å². The summed E-state index contributed by atoms with van der Waals surface area (Å²) in [6, 6.07) is 20.2. The average Bonchev–Trinajstić information content (AvgIpc) is 3.47. The van der Waals surface area contributed by atoms with Gasteiger partial charge in [-0.15, -0.1) is 0 Å². The van der Waals surface area contributed by atoms with Gasteiger partial charge in [0.25, 0.3) is 0 Å². The number of aliphatic hydroxyl groups is 1. The number of halogens is 1. The number of hydrogen-bond donors (Lipinski definition) is 1. The van der Waals surface area contributed by atoms with Gasteiger partial charge >= 0.3 is 0 Å². The van der Waals surface area contributed by atoms with Gasteiger partial charge in [0.1, 0.15) is 37.5 Å². The molecule has 0 bridgehead atoms. The van der Waals surface area contributed by atoms with E-state index < -0.39 is 6.67 Å². The molecule has 5 nitrogen and oxygen atoms in total. The van der Waals surface area contributed by atoms with Crippen LogP contribution in [0.3, 0.4) is 0 Å². The van der Waals surface area contributed by atoms with Crippen LogP contribution in [0, 0.1) is 11.3 Å². The van der Waals surface area contributed by atoms with E-state index in [4.69, 9.17) is 9.47 Å². The van der Waals surface area contributed by atoms with Crippen LogP contribution in [0.25, 0.3) is 11.1 Å². The van der Waals surface area contributed by atoms with Crippen LogP contribution in [0.15, 0.2) is 54.6 Å². The Labute approximate surface area is 224 Å². The quantitative estimate of drug-likeness (QED) is 0.360. The minimum Gasteiger partial charge on any atom is -0.490 e. The second-order valence-corrected chi connectivity index (χ2v) is 10.1. The molecule has 1 heterocycles. The van der Waals surface area contributed by atoms with Crippen molar-refractivity contribution in [1.82, 2.24) is 4.90 Å². The van der Waals surface area contributed by atoms with Crippen LogP contribution >= 0.6 is 0 Å². The predicted molar refractivity (Wildman–Crippen MR) is 146 cm³/mol. The number of rotatable bonds is 10. The summed E-state index contributed by atoms with van der Waals surface area (Å²) in [4.78, 5) is 2.34. The molecule has 1 fully saturated rings. The highest BCUT2D eigenvalue weighted by molar-refractivity contribution is 5.72. The molecule has 1 N–H and O–H groups in total. The molecule has 0 aromatic heterocycles. The zero-order valence-corrected chi connectivity index (χ0v) is 21.8. The average molecular weight is 515 g/mol. The monoisotopic (exact) mass is 514 g/mol. The van der Waals surface area contributed by atoms with Crippen molar-refractivity contribution in [3.63, 3.8) is 0 Å². The van der Waals surface area contributed by atoms with E-state index in [0.717, 1.165) is 73.1 Å². The molecule has 0 amide bonds. The molecule has 1 aliphatic carbocycles. The Morgan fingerprint density at radius 2 is 1.82 bits per heavy atom. The Hall–Kier alpha value is -3.40. The standard InChI is InChI=1S/C32H35FN2O3/c33-15-17-37-32-18-31(28-14-7-13-27(28)30(32)20-35-16-5-4-11-25(35)21-36)38-22-24-10-6-12-26(29(24)19-34)23-8-2-1-3-9-23/h1-3,6,8-10,12,18,25,36H,4-5,7,11,13-17,20-22H2/t25-/m0/s1. The molecule has 5 rings (SSSR count). The Morgan fingerprint density at radius 1 is 0.974 bits per heavy atom. The topological polar surface area (TPSA) is 65.7 Å². The number of piperidine rings is 1. The van der Waals surface area contributed by atoms with Crippen LogP contribution in [0.5, 0.6) is 11.5 Å². The van der Waals surface area contributed by atoms with Gasteiger partial charge < -0.3 is 14.6 Å². The van der Waals surface area contributed by atoms with E-state index in [0.29, 0.717) is 17.9 Å². The van der Waals surface area contributed by atoms with E-state index in [9.17, 15) is 14.8 Å². The van der Waals surface area contributed by atoms with Crippen LogP contribution in [0.1, 0.15) is 53.5 Å². The molecule has 0 radical (unpaired) electrons. The third kappa shape index (κ3) is 5.55. The molecule has 1 saturated heterocycles. The first-order chi connectivity index (χ1) is 18.7. The van der Waals surface area contributed by atoms with Gasteiger partial charge in [0.2, 0.25) is 0 Å². The number of benzene rings is 3. The van der Waals surface area contributed by atoms with Gasteiger partial charge in [-0.1, -0.05) is 55.0 Å². The maximum Gasteiger partial charge on any atom is 0.127 e. The molecule has 1 aliphatic heterocycles. The van der Waals surface area contributed by atoms with Crippen LogP contribution in [0.2, 0.25) is 0 Å². The minimum atomic E-state index is -0.562. The highest BCUT2D eigenvalue weighted by Crippen LogP contribution is 2.41. The maximum absolute atomic E-state index is 13.2. The number of ether oxygens (including phenoxy) is 2. The van der Waals surface area contributed by atoms with E-state index in [1.807, 2.05) is 54.6 Å². The SMILES string of the molecule is N#Cc1c(COc2cc(OCCF)c(CN3CCCC[C@H]3CO)c3c2CCC3)cccc1-c1ccccc1. The summed E-state index contributed by atoms with van der Waals surface area (Å²) in [6.07, 6.45) is 6.11. The van der Waals surface area contributed by atoms with E-state index >= 15 is 0 Å². The molecule has 0 saturated carbocycles. The number of aliphatic hydroxyl groups excluding tert-OH is 1. The van der Waals surface area contributed by atoms with Crippen molar-refractivity contribution in [2.75, 3.05) is 26.4 Å². The summed E-state index contributed by atoms with van der Waals surface area (Å²) < 4.78 is 25.5. The van der Waals surface area contributed by atoms with Gasteiger partial charge in [0.15, 0.2) is 0 Å². The molecule has 3 aromatic rings. The molecule has 0 unspecified atom stereocenters. The lowest BCUT2D eigenvalue weighted by molar-refractivity contribution is 0.0828. The predicted octanol–water partition coefficient (Wildman–Crippen LogP) is 5.99. The fourth-order valence-corrected chi connectivity index (χ4v) is 5.91. The molecular weight excluding hydrogens is 479 g/mol. The fraction of sp³-hybridized carbons (Fsp3) is 0.406. The Balaban J connectivity index is 1.45. The molecule has 6 heteroatoms. The van der Waals surface area contributed by atoms with Crippen molar-refractivity contribution in [1.29, 1.82) is 5.26 Å². The summed E-state index contributed by atoms with van der Waals surface area (Å²) >= 11 is 0. The van der Waals surface area contributed by atoms with E-state index in [2.05, 4.69) is 11.0 Å². The lowest BCUT2D eigenvalue weighted by Gasteiger charge is -2.35. The molecule has 1 atom stereocenters. The number of fused-ring (bicyclic) bond motifs is 1. The molecule has 0 spiro atoms. The molecular formula is C32H35FN2O3. The Morgan fingerprint density at radius 3 is 2.61 bits per heavy atom. The fourth-order valence-electron chi connectivity index (χ4n) is 5.91. The third-order valence-corrected chi connectivity index (χ3v) is 7.83. The number of alkyl halides is 1. The lowest BCUT2D eigenvalue weighted by Crippen LogP contribution is -2.41. The minimum absolute atomic E-state index is 0.00758. The van der Waals surface area contributed by atoms with Crippen molar-refractivity contribution in [3.05, 3.63) is 82.4 Å². The third-order valence-electron chi connectivity index (χ3n) is 7.83. The van der Waals surface area contributed by atoms with Crippen molar-refractivity contribution >= 4 is 0 Å². The summed E-state index contributed by atoms with van der Waals surface area (Å²) in [5.41, 5.74) is 6.84. The number of likely N-dealkylation sites (tertiary alicyclic amines) is 1. The van der Waals surface area contributed by atoms with Gasteiger partial charge in [0.05, 0.1) is 12.2 Å². The van der Waals surface area contributed by atoms with Gasteiger partial charge in [0, 0.05) is 29.8 Å². The second-order valence-electron chi connectivity index (χ2n) is 10.1. The molecule has 2 aliphatic rings. The van der Waals surface area contributed by atoms with Gasteiger partial charge in [-0.25, -0.2) is 4.39 Å². The number of hydrogen-bond acceptors (Lipinski definition) is 5. The maximum atomic E-state index is 13.2. The molecule has 38 heavy (non-hydrogen) atoms. The zero-order chi connectivity index (χ0) is 26.3. The first-order valence-corrected chi connectivity index (χ1v) is 13.6. The van der Waals surface area contributed by atoms with Crippen LogP contribution in [-0.4, -0.2) is 42.5 Å². The highest BCUT2D eigenvalue weighted by atomic mass is 19.1. The van der Waals surface area contributed by atoms with E-state index in [1.165, 1.54) is 11.1 Å². The highest BCUT2D eigenvalue weighted by Gasteiger charge is 2.28. The Kier molecular flexibility index (Phi) is 8.58. The first kappa shape index (κ1) is 26.2. The largest absolute Gasteiger partial charge is 0.490 e. The van der Waals surface area contributed by atoms with Crippen LogP contribution < -0.4 is 9.47 Å². The number of nitriles is 1. The molecule has 3 aromatic carbocycles. The smallest absolute Gasteiger partial charge is 0.127 e. The normalized spacial score (nSPS) is 17.1. The van der Waals surface area contributed by atoms with Gasteiger partial charge in [-0.3, -0.25) is 4.90 Å². The van der Waals surface area contributed by atoms with Crippen LogP contribution in [-0.2, 0) is 26.0 Å². The van der Waals surface area contributed by atoms with Crippen molar-refractivity contribution < 1.29 is 19.0 Å². The van der Waals surface area contributed by atoms with Crippen molar-refractivity contribution in [3.8, 4) is 28.7 Å². The first-order valence-electron chi connectivity index (χ1n) is 13.6. The lowest BCUT2D eigenvalue weighted by atomic mass is 9.96. The molecule has 198 valence electrons. The second kappa shape index (κ2) is 12.4. The summed E-state index contributed by atoms with van der Waals surface area (Å²) in [5, 5.41) is 19.9. The summed E-state index contributed by atoms with van der Waals surface area (Å²) in [5.74, 6) is 1.42. The summed E-state index contributed by atoms with van der Waals surface area (Å²) in [6.45, 7) is 1.46.